The quantitative estimate of drug-likeness (QED) is 0.0462. The van der Waals surface area contributed by atoms with Crippen molar-refractivity contribution >= 4 is 42.3 Å². The van der Waals surface area contributed by atoms with Crippen LogP contribution >= 0.6 is 26.2 Å². The van der Waals surface area contributed by atoms with Crippen LogP contribution < -0.4 is 0 Å². The maximum Gasteiger partial charge on any atom is 0.514 e. The molecule has 0 radical (unpaired) electrons. The van der Waals surface area contributed by atoms with Crippen LogP contribution in [0.1, 0.15) is 68.1 Å². The zero-order valence-corrected chi connectivity index (χ0v) is 28.2. The lowest BCUT2D eigenvalue weighted by atomic mass is 10.1. The van der Waals surface area contributed by atoms with Crippen molar-refractivity contribution in [3.05, 3.63) is 89.5 Å². The SMILES string of the molecule is Cc1ccc(S([OH+]S(=O)(=O)C(F)(F)C(=O)OCCCCCCCCCCBr)(c2ccc(C)cc2)c2ccc(C)cc2)cc1. The monoisotopic (exact) mass is 699 g/mol. The van der Waals surface area contributed by atoms with Crippen LogP contribution in [0, 0.1) is 20.8 Å². The summed E-state index contributed by atoms with van der Waals surface area (Å²) in [6.45, 7) is 5.35. The fourth-order valence-electron chi connectivity index (χ4n) is 4.55. The second-order valence-electron chi connectivity index (χ2n) is 10.7. The van der Waals surface area contributed by atoms with E-state index in [0.717, 1.165) is 60.5 Å². The van der Waals surface area contributed by atoms with Crippen molar-refractivity contribution in [2.45, 2.75) is 92.1 Å². The van der Waals surface area contributed by atoms with Gasteiger partial charge >= 0.3 is 21.3 Å². The molecule has 5 nitrogen and oxygen atoms in total. The number of halogens is 3. The number of benzene rings is 3. The number of aryl methyl sites for hydroxylation is 3. The minimum Gasteiger partial charge on any atom is -0.460 e. The van der Waals surface area contributed by atoms with E-state index >= 15 is 8.78 Å². The molecule has 0 aliphatic carbocycles. The molecule has 43 heavy (non-hydrogen) atoms. The minimum absolute atomic E-state index is 0.278. The van der Waals surface area contributed by atoms with Crippen molar-refractivity contribution in [1.29, 1.82) is 0 Å². The first kappa shape index (κ1) is 35.2. The Morgan fingerprint density at radius 2 is 1.02 bits per heavy atom. The van der Waals surface area contributed by atoms with Gasteiger partial charge in [0, 0.05) is 5.33 Å². The van der Waals surface area contributed by atoms with Crippen molar-refractivity contribution in [1.82, 2.24) is 0 Å². The van der Waals surface area contributed by atoms with Crippen LogP contribution in [-0.2, 0) is 19.6 Å². The van der Waals surface area contributed by atoms with Gasteiger partial charge in [-0.25, -0.2) is 4.79 Å². The number of ether oxygens (including phenoxy) is 1. The number of unbranched alkanes of at least 4 members (excludes halogenated alkanes) is 7. The van der Waals surface area contributed by atoms with E-state index in [4.69, 9.17) is 4.74 Å². The molecule has 0 saturated carbocycles. The molecule has 3 aromatic carbocycles. The Morgan fingerprint density at radius 3 is 1.40 bits per heavy atom. The van der Waals surface area contributed by atoms with Gasteiger partial charge in [-0.3, -0.25) is 3.63 Å². The normalized spacial score (nSPS) is 12.7. The van der Waals surface area contributed by atoms with Gasteiger partial charge in [-0.1, -0.05) is 108 Å². The van der Waals surface area contributed by atoms with E-state index in [1.807, 2.05) is 20.8 Å². The first-order valence-corrected chi connectivity index (χ1v) is 18.7. The molecular formula is C33H42BrF2O5S2+. The Morgan fingerprint density at radius 1 is 0.674 bits per heavy atom. The van der Waals surface area contributed by atoms with E-state index in [0.29, 0.717) is 27.5 Å². The third kappa shape index (κ3) is 9.12. The van der Waals surface area contributed by atoms with Gasteiger partial charge in [0.1, 0.15) is 0 Å². The zero-order valence-electron chi connectivity index (χ0n) is 25.0. The predicted octanol–water partition coefficient (Wildman–Crippen LogP) is 9.88. The smallest absolute Gasteiger partial charge is 0.460 e. The molecule has 0 unspecified atom stereocenters. The molecule has 0 aliphatic heterocycles. The summed E-state index contributed by atoms with van der Waals surface area (Å²) >= 11 is 3.41. The summed E-state index contributed by atoms with van der Waals surface area (Å²) in [7, 11) is -8.86. The second kappa shape index (κ2) is 16.2. The highest BCUT2D eigenvalue weighted by molar-refractivity contribution is 9.09. The summed E-state index contributed by atoms with van der Waals surface area (Å²) in [6, 6.07) is 21.0. The van der Waals surface area contributed by atoms with Crippen LogP contribution in [0.3, 0.4) is 0 Å². The van der Waals surface area contributed by atoms with E-state index in [1.54, 1.807) is 72.8 Å². The van der Waals surface area contributed by atoms with Gasteiger partial charge in [0.05, 0.1) is 31.6 Å². The van der Waals surface area contributed by atoms with Gasteiger partial charge < -0.3 is 4.74 Å². The van der Waals surface area contributed by atoms with Gasteiger partial charge in [-0.15, -0.1) is 8.42 Å². The highest BCUT2D eigenvalue weighted by atomic mass is 79.9. The van der Waals surface area contributed by atoms with Gasteiger partial charge in [0.15, 0.2) is 0 Å². The number of alkyl halides is 3. The molecule has 0 aliphatic rings. The van der Waals surface area contributed by atoms with Crippen molar-refractivity contribution in [3.63, 3.8) is 0 Å². The topological polar surface area (TPSA) is 73.2 Å². The average molecular weight is 701 g/mol. The first-order chi connectivity index (χ1) is 20.4. The van der Waals surface area contributed by atoms with Gasteiger partial charge in [0.25, 0.3) is 0 Å². The summed E-state index contributed by atoms with van der Waals surface area (Å²) < 4.78 is 66.9. The fourth-order valence-corrected chi connectivity index (χ4v) is 10.2. The van der Waals surface area contributed by atoms with Gasteiger partial charge in [-0.2, -0.15) is 8.78 Å². The Hall–Kier alpha value is -2.27. The molecule has 3 rings (SSSR count). The summed E-state index contributed by atoms with van der Waals surface area (Å²) in [5.74, 6) is -2.10. The summed E-state index contributed by atoms with van der Waals surface area (Å²) in [4.78, 5) is 13.9. The molecule has 236 valence electrons. The molecule has 1 N–H and O–H groups in total. The lowest BCUT2D eigenvalue weighted by Gasteiger charge is -2.35. The van der Waals surface area contributed by atoms with Crippen molar-refractivity contribution in [2.24, 2.45) is 0 Å². The predicted molar refractivity (Wildman–Crippen MR) is 174 cm³/mol. The minimum atomic E-state index is -5.70. The van der Waals surface area contributed by atoms with E-state index in [9.17, 15) is 13.2 Å². The number of hydrogen-bond donors (Lipinski definition) is 0. The molecular weight excluding hydrogens is 658 g/mol. The third-order valence-corrected chi connectivity index (χ3v) is 13.0. The Labute approximate surface area is 265 Å². The van der Waals surface area contributed by atoms with Crippen LogP contribution in [0.25, 0.3) is 0 Å². The lowest BCUT2D eigenvalue weighted by Crippen LogP contribution is -2.42. The summed E-state index contributed by atoms with van der Waals surface area (Å²) in [6.07, 6.45) is 7.54. The molecule has 0 bridgehead atoms. The molecule has 0 saturated heterocycles. The largest absolute Gasteiger partial charge is 0.514 e. The summed E-state index contributed by atoms with van der Waals surface area (Å²) in [5, 5.41) is -3.86. The number of rotatable bonds is 17. The molecule has 0 spiro atoms. The van der Waals surface area contributed by atoms with E-state index in [2.05, 4.69) is 19.6 Å². The second-order valence-corrected chi connectivity index (χ2v) is 16.2. The van der Waals surface area contributed by atoms with Crippen LogP contribution in [0.2, 0.25) is 0 Å². The van der Waals surface area contributed by atoms with E-state index in [1.165, 1.54) is 0 Å². The molecule has 0 atom stereocenters. The third-order valence-electron chi connectivity index (χ3n) is 7.12. The number of hydrogen-bond acceptors (Lipinski definition) is 4. The van der Waals surface area contributed by atoms with Gasteiger partial charge in [0.2, 0.25) is 0 Å². The fraction of sp³-hybridized carbons (Fsp3) is 0.424. The maximum absolute atomic E-state index is 15.5. The zero-order chi connectivity index (χ0) is 31.5. The lowest BCUT2D eigenvalue weighted by molar-refractivity contribution is -0.161. The standard InChI is InChI=1S/C33H41BrF2O5S2/c1-26-12-18-29(19-13-26)42(30-20-14-27(2)15-21-30,31-22-16-28(3)17-23-31)41-43(38,39)33(35,36)32(37)40-25-11-9-7-5-4-6-8-10-24-34/h12-23H,4-11,24-25H2,1-3H3/p+1. The maximum atomic E-state index is 15.5. The van der Waals surface area contributed by atoms with Crippen molar-refractivity contribution in [2.75, 3.05) is 11.9 Å². The molecule has 0 heterocycles. The van der Waals surface area contributed by atoms with E-state index < -0.39 is 31.7 Å². The highest BCUT2D eigenvalue weighted by Gasteiger charge is 2.63. The molecule has 0 amide bonds. The van der Waals surface area contributed by atoms with Crippen LogP contribution in [-0.4, -0.2) is 35.2 Å². The Kier molecular flexibility index (Phi) is 13.2. The molecule has 3 aromatic rings. The van der Waals surface area contributed by atoms with E-state index in [-0.39, 0.29) is 6.61 Å². The number of carbonyl (C=O) groups is 1. The summed E-state index contributed by atoms with van der Waals surface area (Å²) in [5.41, 5.74) is 2.74. The van der Waals surface area contributed by atoms with Crippen molar-refractivity contribution < 1.29 is 30.4 Å². The Bertz CT molecular complexity index is 1300. The molecule has 0 fully saturated rings. The van der Waals surface area contributed by atoms with Gasteiger partial charge in [-0.05, 0) is 70.0 Å². The number of esters is 1. The Balaban J connectivity index is 1.87. The molecule has 10 heteroatoms. The van der Waals surface area contributed by atoms with Crippen LogP contribution in [0.15, 0.2) is 87.5 Å². The van der Waals surface area contributed by atoms with Crippen LogP contribution in [0.5, 0.6) is 0 Å². The van der Waals surface area contributed by atoms with Crippen LogP contribution in [0.4, 0.5) is 8.78 Å². The molecule has 0 aromatic heterocycles. The number of carbonyl (C=O) groups excluding carboxylic acids is 1. The highest BCUT2D eigenvalue weighted by Crippen LogP contribution is 2.69. The average Bonchev–Trinajstić information content (AvgIpc) is 2.98. The first-order valence-electron chi connectivity index (χ1n) is 14.6. The van der Waals surface area contributed by atoms with Crippen molar-refractivity contribution in [3.8, 4) is 0 Å².